The van der Waals surface area contributed by atoms with Gasteiger partial charge in [-0.1, -0.05) is 36.4 Å². The summed E-state index contributed by atoms with van der Waals surface area (Å²) in [4.78, 5) is 19.2. The molecular formula is C25H31N5O3S. The Morgan fingerprint density at radius 1 is 0.882 bits per heavy atom. The summed E-state index contributed by atoms with van der Waals surface area (Å²) in [5.41, 5.74) is 2.77. The van der Waals surface area contributed by atoms with E-state index in [2.05, 4.69) is 36.1 Å². The Hall–Kier alpha value is -2.77. The fourth-order valence-electron chi connectivity index (χ4n) is 4.53. The van der Waals surface area contributed by atoms with Crippen molar-refractivity contribution in [3.8, 4) is 6.07 Å². The molecular weight excluding hydrogens is 450 g/mol. The highest BCUT2D eigenvalue weighted by molar-refractivity contribution is 7.89. The van der Waals surface area contributed by atoms with Gasteiger partial charge in [-0.3, -0.25) is 14.6 Å². The normalized spacial score (nSPS) is 18.5. The van der Waals surface area contributed by atoms with Gasteiger partial charge in [0.15, 0.2) is 0 Å². The van der Waals surface area contributed by atoms with Crippen LogP contribution in [0, 0.1) is 18.3 Å². The van der Waals surface area contributed by atoms with E-state index in [4.69, 9.17) is 0 Å². The predicted molar refractivity (Wildman–Crippen MR) is 129 cm³/mol. The summed E-state index contributed by atoms with van der Waals surface area (Å²) in [6, 6.07) is 16.6. The zero-order valence-electron chi connectivity index (χ0n) is 19.6. The second-order valence-electron chi connectivity index (χ2n) is 8.87. The third-order valence-corrected chi connectivity index (χ3v) is 8.65. The second-order valence-corrected chi connectivity index (χ2v) is 10.8. The number of amides is 1. The monoisotopic (exact) mass is 481 g/mol. The van der Waals surface area contributed by atoms with Crippen LogP contribution < -0.4 is 0 Å². The van der Waals surface area contributed by atoms with Gasteiger partial charge >= 0.3 is 0 Å². The molecule has 0 radical (unpaired) electrons. The maximum Gasteiger partial charge on any atom is 0.244 e. The van der Waals surface area contributed by atoms with Crippen LogP contribution in [0.5, 0.6) is 0 Å². The average Bonchev–Trinajstić information content (AvgIpc) is 2.86. The smallest absolute Gasteiger partial charge is 0.244 e. The van der Waals surface area contributed by atoms with Crippen molar-refractivity contribution in [1.82, 2.24) is 19.0 Å². The first-order valence-electron chi connectivity index (χ1n) is 11.6. The number of aryl methyl sites for hydroxylation is 1. The summed E-state index contributed by atoms with van der Waals surface area (Å²) >= 11 is 0. The molecule has 1 amide bonds. The lowest BCUT2D eigenvalue weighted by Gasteiger charge is -2.37. The van der Waals surface area contributed by atoms with Crippen molar-refractivity contribution in [3.05, 3.63) is 65.2 Å². The summed E-state index contributed by atoms with van der Waals surface area (Å²) < 4.78 is 27.4. The topological polar surface area (TPSA) is 88.0 Å². The molecule has 0 N–H and O–H groups in total. The Bertz CT molecular complexity index is 1160. The number of piperazine rings is 2. The Morgan fingerprint density at radius 3 is 2.18 bits per heavy atom. The number of benzene rings is 2. The van der Waals surface area contributed by atoms with Crippen LogP contribution >= 0.6 is 0 Å². The van der Waals surface area contributed by atoms with E-state index in [0.29, 0.717) is 45.8 Å². The molecule has 2 aliphatic rings. The summed E-state index contributed by atoms with van der Waals surface area (Å²) in [5.74, 6) is 0.0988. The molecule has 2 aromatic rings. The van der Waals surface area contributed by atoms with E-state index in [9.17, 15) is 18.5 Å². The van der Waals surface area contributed by atoms with E-state index in [0.717, 1.165) is 19.6 Å². The molecule has 2 saturated heterocycles. The Balaban J connectivity index is 1.25. The van der Waals surface area contributed by atoms with Gasteiger partial charge in [-0.25, -0.2) is 8.42 Å². The predicted octanol–water partition coefficient (Wildman–Crippen LogP) is 1.52. The van der Waals surface area contributed by atoms with Crippen LogP contribution in [0.2, 0.25) is 0 Å². The molecule has 0 aromatic heterocycles. The molecule has 2 fully saturated rings. The molecule has 4 rings (SSSR count). The number of nitrogens with zero attached hydrogens (tertiary/aromatic N) is 5. The molecule has 9 heteroatoms. The molecule has 0 bridgehead atoms. The lowest BCUT2D eigenvalue weighted by Crippen LogP contribution is -2.54. The van der Waals surface area contributed by atoms with Crippen molar-refractivity contribution in [2.75, 3.05) is 58.9 Å². The number of carbonyl (C=O) groups is 1. The van der Waals surface area contributed by atoms with Crippen LogP contribution in [-0.2, 0) is 21.4 Å². The standard InChI is InChI=1S/C25H31N5O3S/c1-21-6-2-3-8-23(21)19-27-10-14-29(15-11-27)25(31)20-28-12-16-30(17-13-28)34(32,33)24-9-5-4-7-22(24)18-26/h2-9H,10-17,19-20H2,1H3. The lowest BCUT2D eigenvalue weighted by molar-refractivity contribution is -0.134. The van der Waals surface area contributed by atoms with Crippen molar-refractivity contribution in [3.63, 3.8) is 0 Å². The van der Waals surface area contributed by atoms with E-state index in [1.54, 1.807) is 12.1 Å². The Labute approximate surface area is 202 Å². The molecule has 0 spiro atoms. The van der Waals surface area contributed by atoms with Gasteiger partial charge in [-0.2, -0.15) is 9.57 Å². The van der Waals surface area contributed by atoms with Crippen molar-refractivity contribution in [2.45, 2.75) is 18.4 Å². The van der Waals surface area contributed by atoms with Crippen LogP contribution in [0.1, 0.15) is 16.7 Å². The van der Waals surface area contributed by atoms with Gasteiger partial charge < -0.3 is 4.90 Å². The van der Waals surface area contributed by atoms with Gasteiger partial charge in [0, 0.05) is 58.9 Å². The van der Waals surface area contributed by atoms with Crippen LogP contribution in [0.15, 0.2) is 53.4 Å². The van der Waals surface area contributed by atoms with Crippen molar-refractivity contribution in [2.24, 2.45) is 0 Å². The highest BCUT2D eigenvalue weighted by Gasteiger charge is 2.31. The highest BCUT2D eigenvalue weighted by atomic mass is 32.2. The minimum atomic E-state index is -3.73. The minimum Gasteiger partial charge on any atom is -0.339 e. The molecule has 34 heavy (non-hydrogen) atoms. The first-order valence-corrected chi connectivity index (χ1v) is 13.1. The third kappa shape index (κ3) is 5.47. The van der Waals surface area contributed by atoms with E-state index in [1.165, 1.54) is 27.6 Å². The number of sulfonamides is 1. The molecule has 0 aliphatic carbocycles. The van der Waals surface area contributed by atoms with Gasteiger partial charge in [0.1, 0.15) is 6.07 Å². The molecule has 0 saturated carbocycles. The van der Waals surface area contributed by atoms with Crippen molar-refractivity contribution < 1.29 is 13.2 Å². The minimum absolute atomic E-state index is 0.0468. The molecule has 2 aromatic carbocycles. The zero-order valence-corrected chi connectivity index (χ0v) is 20.4. The van der Waals surface area contributed by atoms with Gasteiger partial charge in [0.05, 0.1) is 17.0 Å². The number of hydrogen-bond donors (Lipinski definition) is 0. The van der Waals surface area contributed by atoms with Crippen LogP contribution in [0.25, 0.3) is 0 Å². The zero-order chi connectivity index (χ0) is 24.1. The van der Waals surface area contributed by atoms with E-state index < -0.39 is 10.0 Å². The van der Waals surface area contributed by atoms with Crippen molar-refractivity contribution in [1.29, 1.82) is 5.26 Å². The molecule has 8 nitrogen and oxygen atoms in total. The molecule has 0 unspecified atom stereocenters. The Kier molecular flexibility index (Phi) is 7.63. The van der Waals surface area contributed by atoms with Gasteiger partial charge in [0.25, 0.3) is 0 Å². The van der Waals surface area contributed by atoms with E-state index in [-0.39, 0.29) is 16.4 Å². The fraction of sp³-hybridized carbons (Fsp3) is 0.440. The molecule has 2 heterocycles. The SMILES string of the molecule is Cc1ccccc1CN1CCN(C(=O)CN2CCN(S(=O)(=O)c3ccccc3C#N)CC2)CC1. The molecule has 180 valence electrons. The quantitative estimate of drug-likeness (QED) is 0.622. The maximum absolute atomic E-state index is 13.0. The van der Waals surface area contributed by atoms with E-state index >= 15 is 0 Å². The number of nitriles is 1. The summed E-state index contributed by atoms with van der Waals surface area (Å²) in [6.07, 6.45) is 0. The second kappa shape index (κ2) is 10.7. The van der Waals surface area contributed by atoms with Crippen molar-refractivity contribution >= 4 is 15.9 Å². The summed E-state index contributed by atoms with van der Waals surface area (Å²) in [7, 11) is -3.73. The molecule has 0 atom stereocenters. The van der Waals surface area contributed by atoms with E-state index in [1.807, 2.05) is 15.9 Å². The number of carbonyl (C=O) groups excluding carboxylic acids is 1. The van der Waals surface area contributed by atoms with Crippen LogP contribution in [0.3, 0.4) is 0 Å². The average molecular weight is 482 g/mol. The first kappa shape index (κ1) is 24.4. The lowest BCUT2D eigenvalue weighted by atomic mass is 10.1. The number of hydrogen-bond acceptors (Lipinski definition) is 6. The third-order valence-electron chi connectivity index (χ3n) is 6.70. The molecule has 2 aliphatic heterocycles. The maximum atomic E-state index is 13.0. The summed E-state index contributed by atoms with van der Waals surface area (Å²) in [6.45, 7) is 8.06. The first-order chi connectivity index (χ1) is 16.4. The van der Waals surface area contributed by atoms with Gasteiger partial charge in [-0.15, -0.1) is 0 Å². The summed E-state index contributed by atoms with van der Waals surface area (Å²) in [5, 5.41) is 9.26. The number of rotatable bonds is 6. The van der Waals surface area contributed by atoms with Crippen LogP contribution in [0.4, 0.5) is 0 Å². The Morgan fingerprint density at radius 2 is 1.50 bits per heavy atom. The largest absolute Gasteiger partial charge is 0.339 e. The fourth-order valence-corrected chi connectivity index (χ4v) is 6.09. The van der Waals surface area contributed by atoms with Gasteiger partial charge in [0.2, 0.25) is 15.9 Å². The van der Waals surface area contributed by atoms with Crippen LogP contribution in [-0.4, -0.2) is 92.2 Å². The highest BCUT2D eigenvalue weighted by Crippen LogP contribution is 2.21. The van der Waals surface area contributed by atoms with Gasteiger partial charge in [-0.05, 0) is 30.2 Å².